The summed E-state index contributed by atoms with van der Waals surface area (Å²) in [6.07, 6.45) is 9.94. The van der Waals surface area contributed by atoms with Crippen LogP contribution in [0.15, 0.2) is 30.3 Å². The number of rotatable bonds is 11. The molecule has 0 saturated carbocycles. The molecule has 0 fully saturated rings. The zero-order valence-corrected chi connectivity index (χ0v) is 13.6. The van der Waals surface area contributed by atoms with Crippen molar-refractivity contribution in [2.75, 3.05) is 0 Å². The second-order valence-electron chi connectivity index (χ2n) is 5.90. The summed E-state index contributed by atoms with van der Waals surface area (Å²) in [5.41, 5.74) is 1.05. The summed E-state index contributed by atoms with van der Waals surface area (Å²) in [5.74, 6) is -0.0470. The lowest BCUT2D eigenvalue weighted by Crippen LogP contribution is -2.14. The molecule has 0 radical (unpaired) electrons. The second kappa shape index (κ2) is 11.4. The number of hydrogen-bond donors (Lipinski definition) is 0. The molecular formula is C19H30O2. The average Bonchev–Trinajstić information content (AvgIpc) is 2.52. The Labute approximate surface area is 129 Å². The quantitative estimate of drug-likeness (QED) is 0.397. The summed E-state index contributed by atoms with van der Waals surface area (Å²) in [5, 5.41) is 0. The molecule has 0 N–H and O–H groups in total. The summed E-state index contributed by atoms with van der Waals surface area (Å²) >= 11 is 0. The predicted molar refractivity (Wildman–Crippen MR) is 88.0 cm³/mol. The number of ether oxygens (including phenoxy) is 1. The molecule has 0 heterocycles. The van der Waals surface area contributed by atoms with Gasteiger partial charge in [0.25, 0.3) is 0 Å². The molecule has 0 aliphatic carbocycles. The highest BCUT2D eigenvalue weighted by molar-refractivity contribution is 5.71. The number of esters is 1. The fourth-order valence-electron chi connectivity index (χ4n) is 2.40. The van der Waals surface area contributed by atoms with E-state index >= 15 is 0 Å². The molecule has 0 aromatic heterocycles. The van der Waals surface area contributed by atoms with Crippen LogP contribution in [0.25, 0.3) is 0 Å². The molecule has 0 bridgehead atoms. The van der Waals surface area contributed by atoms with Gasteiger partial charge in [-0.05, 0) is 12.0 Å². The van der Waals surface area contributed by atoms with E-state index in [0.717, 1.165) is 18.4 Å². The van der Waals surface area contributed by atoms with E-state index in [0.29, 0.717) is 6.61 Å². The third kappa shape index (κ3) is 8.54. The Morgan fingerprint density at radius 2 is 1.62 bits per heavy atom. The van der Waals surface area contributed by atoms with E-state index in [1.54, 1.807) is 0 Å². The molecule has 21 heavy (non-hydrogen) atoms. The zero-order valence-electron chi connectivity index (χ0n) is 13.6. The molecule has 1 aromatic rings. The highest BCUT2D eigenvalue weighted by Gasteiger charge is 2.13. The lowest BCUT2D eigenvalue weighted by molar-refractivity contribution is -0.149. The van der Waals surface area contributed by atoms with E-state index < -0.39 is 0 Å². The normalized spacial score (nSPS) is 12.1. The Bertz CT molecular complexity index is 372. The highest BCUT2D eigenvalue weighted by Crippen LogP contribution is 2.14. The lowest BCUT2D eigenvalue weighted by Gasteiger charge is -2.11. The summed E-state index contributed by atoms with van der Waals surface area (Å²) in [6.45, 7) is 4.61. The maximum atomic E-state index is 11.9. The Morgan fingerprint density at radius 3 is 2.29 bits per heavy atom. The Kier molecular flexibility index (Phi) is 9.60. The monoisotopic (exact) mass is 290 g/mol. The Balaban J connectivity index is 2.06. The molecule has 0 aliphatic heterocycles. The van der Waals surface area contributed by atoms with Crippen molar-refractivity contribution in [1.82, 2.24) is 0 Å². The van der Waals surface area contributed by atoms with Crippen LogP contribution in [0.1, 0.15) is 70.8 Å². The van der Waals surface area contributed by atoms with Crippen molar-refractivity contribution in [3.63, 3.8) is 0 Å². The molecule has 1 unspecified atom stereocenters. The maximum absolute atomic E-state index is 11.9. The van der Waals surface area contributed by atoms with Gasteiger partial charge >= 0.3 is 5.97 Å². The van der Waals surface area contributed by atoms with Crippen molar-refractivity contribution < 1.29 is 9.53 Å². The third-order valence-corrected chi connectivity index (χ3v) is 3.87. The largest absolute Gasteiger partial charge is 0.461 e. The number of unbranched alkanes of at least 4 members (excludes halogenated alkanes) is 6. The van der Waals surface area contributed by atoms with Crippen LogP contribution in [0, 0.1) is 5.92 Å². The van der Waals surface area contributed by atoms with E-state index in [1.165, 1.54) is 38.5 Å². The van der Waals surface area contributed by atoms with Crippen molar-refractivity contribution in [1.29, 1.82) is 0 Å². The van der Waals surface area contributed by atoms with E-state index in [9.17, 15) is 4.79 Å². The van der Waals surface area contributed by atoms with Gasteiger partial charge in [-0.25, -0.2) is 0 Å². The smallest absolute Gasteiger partial charge is 0.308 e. The van der Waals surface area contributed by atoms with Gasteiger partial charge in [0, 0.05) is 0 Å². The predicted octanol–water partition coefficient (Wildman–Crippen LogP) is 5.51. The van der Waals surface area contributed by atoms with Crippen molar-refractivity contribution in [2.45, 2.75) is 71.8 Å². The van der Waals surface area contributed by atoms with Gasteiger partial charge in [-0.1, -0.05) is 89.1 Å². The first kappa shape index (κ1) is 17.7. The van der Waals surface area contributed by atoms with Crippen molar-refractivity contribution in [2.24, 2.45) is 5.92 Å². The van der Waals surface area contributed by atoms with Gasteiger partial charge in [0.1, 0.15) is 6.61 Å². The maximum Gasteiger partial charge on any atom is 0.308 e. The van der Waals surface area contributed by atoms with Crippen LogP contribution in [0.5, 0.6) is 0 Å². The lowest BCUT2D eigenvalue weighted by atomic mass is 10.0. The molecule has 0 spiro atoms. The standard InChI is InChI=1S/C19H30O2/c1-3-4-5-6-7-8-10-13-17(2)19(20)21-16-18-14-11-9-12-15-18/h9,11-12,14-15,17H,3-8,10,13,16H2,1-2H3. The molecule has 1 aromatic carbocycles. The van der Waals surface area contributed by atoms with Crippen LogP contribution < -0.4 is 0 Å². The summed E-state index contributed by atoms with van der Waals surface area (Å²) in [7, 11) is 0. The highest BCUT2D eigenvalue weighted by atomic mass is 16.5. The van der Waals surface area contributed by atoms with E-state index in [1.807, 2.05) is 37.3 Å². The molecule has 0 amide bonds. The Hall–Kier alpha value is -1.31. The van der Waals surface area contributed by atoms with Crippen LogP contribution in [0.3, 0.4) is 0 Å². The van der Waals surface area contributed by atoms with E-state index in [-0.39, 0.29) is 11.9 Å². The molecule has 118 valence electrons. The van der Waals surface area contributed by atoms with Crippen molar-refractivity contribution in [3.05, 3.63) is 35.9 Å². The summed E-state index contributed by atoms with van der Waals surface area (Å²) in [4.78, 5) is 11.9. The van der Waals surface area contributed by atoms with Gasteiger partial charge in [-0.2, -0.15) is 0 Å². The molecule has 1 rings (SSSR count). The topological polar surface area (TPSA) is 26.3 Å². The van der Waals surface area contributed by atoms with Gasteiger partial charge in [-0.15, -0.1) is 0 Å². The molecule has 0 aliphatic rings. The molecule has 1 atom stereocenters. The minimum absolute atomic E-state index is 0.0179. The minimum Gasteiger partial charge on any atom is -0.461 e. The van der Waals surface area contributed by atoms with Gasteiger partial charge in [0.05, 0.1) is 5.92 Å². The van der Waals surface area contributed by atoms with Gasteiger partial charge in [0.2, 0.25) is 0 Å². The number of carbonyl (C=O) groups excluding carboxylic acids is 1. The molecule has 2 heteroatoms. The average molecular weight is 290 g/mol. The fraction of sp³-hybridized carbons (Fsp3) is 0.632. The van der Waals surface area contributed by atoms with Crippen LogP contribution in [0.4, 0.5) is 0 Å². The minimum atomic E-state index is -0.0650. The molecular weight excluding hydrogens is 260 g/mol. The first-order valence-electron chi connectivity index (χ1n) is 8.44. The first-order chi connectivity index (χ1) is 10.2. The summed E-state index contributed by atoms with van der Waals surface area (Å²) < 4.78 is 5.36. The molecule has 2 nitrogen and oxygen atoms in total. The van der Waals surface area contributed by atoms with Crippen LogP contribution in [-0.4, -0.2) is 5.97 Å². The molecule has 0 saturated heterocycles. The number of benzene rings is 1. The summed E-state index contributed by atoms with van der Waals surface area (Å²) in [6, 6.07) is 9.85. The number of hydrogen-bond acceptors (Lipinski definition) is 2. The van der Waals surface area contributed by atoms with Crippen molar-refractivity contribution >= 4 is 5.97 Å². The van der Waals surface area contributed by atoms with E-state index in [2.05, 4.69) is 6.92 Å². The van der Waals surface area contributed by atoms with Crippen molar-refractivity contribution in [3.8, 4) is 0 Å². The fourth-order valence-corrected chi connectivity index (χ4v) is 2.40. The van der Waals surface area contributed by atoms with Gasteiger partial charge < -0.3 is 4.74 Å². The van der Waals surface area contributed by atoms with Crippen LogP contribution >= 0.6 is 0 Å². The third-order valence-electron chi connectivity index (χ3n) is 3.87. The zero-order chi connectivity index (χ0) is 15.3. The van der Waals surface area contributed by atoms with Gasteiger partial charge in [0.15, 0.2) is 0 Å². The SMILES string of the molecule is CCCCCCCCCC(C)C(=O)OCc1ccccc1. The second-order valence-corrected chi connectivity index (χ2v) is 5.90. The van der Waals surface area contributed by atoms with Crippen LogP contribution in [-0.2, 0) is 16.1 Å². The Morgan fingerprint density at radius 1 is 1.00 bits per heavy atom. The first-order valence-corrected chi connectivity index (χ1v) is 8.44. The van der Waals surface area contributed by atoms with Crippen LogP contribution in [0.2, 0.25) is 0 Å². The number of carbonyl (C=O) groups is 1. The van der Waals surface area contributed by atoms with E-state index in [4.69, 9.17) is 4.74 Å². The van der Waals surface area contributed by atoms with Gasteiger partial charge in [-0.3, -0.25) is 4.79 Å².